The summed E-state index contributed by atoms with van der Waals surface area (Å²) >= 11 is 5.90. The minimum Gasteiger partial charge on any atom is -0.495 e. The Labute approximate surface area is 109 Å². The average Bonchev–Trinajstić information content (AvgIpc) is 2.41. The minimum atomic E-state index is -0.546. The molecule has 1 heterocycles. The number of benzene rings is 1. The van der Waals surface area contributed by atoms with Crippen molar-refractivity contribution in [1.82, 2.24) is 4.98 Å². The zero-order valence-corrected chi connectivity index (χ0v) is 10.5. The van der Waals surface area contributed by atoms with E-state index in [-0.39, 0.29) is 5.02 Å². The van der Waals surface area contributed by atoms with E-state index in [2.05, 4.69) is 4.98 Å². The van der Waals surface area contributed by atoms with E-state index < -0.39 is 11.9 Å². The zero-order valence-electron chi connectivity index (χ0n) is 9.73. The van der Waals surface area contributed by atoms with E-state index in [1.165, 1.54) is 6.07 Å². The van der Waals surface area contributed by atoms with Crippen LogP contribution >= 0.6 is 11.6 Å². The Hall–Kier alpha value is -1.65. The highest BCUT2D eigenvalue weighted by atomic mass is 35.5. The number of aromatic nitrogens is 1. The second-order valence-corrected chi connectivity index (χ2v) is 4.16. The molecule has 2 aromatic rings. The number of halogens is 2. The fourth-order valence-corrected chi connectivity index (χ4v) is 1.90. The standard InChI is InChI=1S/C13H12ClFN2O/c1-18-9-5-8(6-17-7-9)13(16)10-3-2-4-11(15)12(10)14/h2-7,13H,16H2,1H3. The molecule has 1 aromatic carbocycles. The predicted octanol–water partition coefficient (Wildman–Crippen LogP) is 2.93. The molecule has 1 unspecified atom stereocenters. The van der Waals surface area contributed by atoms with Crippen LogP contribution < -0.4 is 10.5 Å². The van der Waals surface area contributed by atoms with Crippen LogP contribution in [-0.4, -0.2) is 12.1 Å². The molecular formula is C13H12ClFN2O. The number of nitrogens with two attached hydrogens (primary N) is 1. The Balaban J connectivity index is 2.41. The smallest absolute Gasteiger partial charge is 0.142 e. The summed E-state index contributed by atoms with van der Waals surface area (Å²) in [6, 6.07) is 5.76. The van der Waals surface area contributed by atoms with Gasteiger partial charge in [0, 0.05) is 6.20 Å². The van der Waals surface area contributed by atoms with E-state index >= 15 is 0 Å². The SMILES string of the molecule is COc1cncc(C(N)c2cccc(F)c2Cl)c1. The van der Waals surface area contributed by atoms with Gasteiger partial charge in [-0.15, -0.1) is 0 Å². The summed E-state index contributed by atoms with van der Waals surface area (Å²) in [7, 11) is 1.54. The molecule has 2 rings (SSSR count). The van der Waals surface area contributed by atoms with Crippen LogP contribution in [0.4, 0.5) is 4.39 Å². The lowest BCUT2D eigenvalue weighted by Gasteiger charge is -2.14. The molecule has 1 atom stereocenters. The number of pyridine rings is 1. The lowest BCUT2D eigenvalue weighted by Crippen LogP contribution is -2.13. The molecule has 0 aliphatic heterocycles. The molecule has 0 bridgehead atoms. The van der Waals surface area contributed by atoms with Crippen molar-refractivity contribution in [2.45, 2.75) is 6.04 Å². The van der Waals surface area contributed by atoms with Crippen LogP contribution in [0.25, 0.3) is 0 Å². The predicted molar refractivity (Wildman–Crippen MR) is 68.2 cm³/mol. The van der Waals surface area contributed by atoms with Gasteiger partial charge in [-0.1, -0.05) is 23.7 Å². The molecule has 2 N–H and O–H groups in total. The van der Waals surface area contributed by atoms with Gasteiger partial charge in [-0.2, -0.15) is 0 Å². The van der Waals surface area contributed by atoms with Crippen LogP contribution in [0.1, 0.15) is 17.2 Å². The van der Waals surface area contributed by atoms with Crippen LogP contribution in [0.2, 0.25) is 5.02 Å². The summed E-state index contributed by atoms with van der Waals surface area (Å²) in [5.74, 6) is 0.107. The van der Waals surface area contributed by atoms with Gasteiger partial charge < -0.3 is 10.5 Å². The Morgan fingerprint density at radius 1 is 1.39 bits per heavy atom. The Bertz CT molecular complexity index is 562. The van der Waals surface area contributed by atoms with Gasteiger partial charge in [0.15, 0.2) is 0 Å². The molecule has 94 valence electrons. The van der Waals surface area contributed by atoms with Gasteiger partial charge in [-0.3, -0.25) is 4.98 Å². The highest BCUT2D eigenvalue weighted by Gasteiger charge is 2.15. The van der Waals surface area contributed by atoms with E-state index in [0.29, 0.717) is 16.9 Å². The van der Waals surface area contributed by atoms with Crippen LogP contribution in [0.5, 0.6) is 5.75 Å². The largest absolute Gasteiger partial charge is 0.495 e. The van der Waals surface area contributed by atoms with Gasteiger partial charge in [0.2, 0.25) is 0 Å². The van der Waals surface area contributed by atoms with Crippen molar-refractivity contribution in [3.63, 3.8) is 0 Å². The lowest BCUT2D eigenvalue weighted by molar-refractivity contribution is 0.412. The molecule has 18 heavy (non-hydrogen) atoms. The highest BCUT2D eigenvalue weighted by Crippen LogP contribution is 2.29. The van der Waals surface area contributed by atoms with E-state index in [0.717, 1.165) is 0 Å². The maximum Gasteiger partial charge on any atom is 0.142 e. The Morgan fingerprint density at radius 2 is 2.17 bits per heavy atom. The first-order valence-electron chi connectivity index (χ1n) is 5.32. The molecule has 3 nitrogen and oxygen atoms in total. The first kappa shape index (κ1) is 12.8. The van der Waals surface area contributed by atoms with Crippen molar-refractivity contribution in [3.05, 3.63) is 58.6 Å². The third-order valence-corrected chi connectivity index (χ3v) is 3.04. The summed E-state index contributed by atoms with van der Waals surface area (Å²) in [5, 5.41) is 0.0350. The van der Waals surface area contributed by atoms with Crippen LogP contribution in [0.3, 0.4) is 0 Å². The second-order valence-electron chi connectivity index (χ2n) is 3.78. The van der Waals surface area contributed by atoms with Crippen molar-refractivity contribution >= 4 is 11.6 Å². The topological polar surface area (TPSA) is 48.1 Å². The zero-order chi connectivity index (χ0) is 13.1. The van der Waals surface area contributed by atoms with E-state index in [9.17, 15) is 4.39 Å². The molecule has 0 spiro atoms. The number of rotatable bonds is 3. The quantitative estimate of drug-likeness (QED) is 0.929. The molecule has 0 aliphatic rings. The molecule has 0 saturated heterocycles. The van der Waals surface area contributed by atoms with Crippen molar-refractivity contribution in [3.8, 4) is 5.75 Å². The van der Waals surface area contributed by atoms with Crippen LogP contribution in [-0.2, 0) is 0 Å². The van der Waals surface area contributed by atoms with Crippen LogP contribution in [0, 0.1) is 5.82 Å². The summed E-state index contributed by atoms with van der Waals surface area (Å²) < 4.78 is 18.4. The fourth-order valence-electron chi connectivity index (χ4n) is 1.66. The maximum atomic E-state index is 13.4. The normalized spacial score (nSPS) is 12.2. The average molecular weight is 267 g/mol. The molecule has 1 aromatic heterocycles. The molecule has 0 radical (unpaired) electrons. The van der Waals surface area contributed by atoms with Gasteiger partial charge in [-0.25, -0.2) is 4.39 Å². The first-order valence-corrected chi connectivity index (χ1v) is 5.69. The highest BCUT2D eigenvalue weighted by molar-refractivity contribution is 6.31. The number of hydrogen-bond acceptors (Lipinski definition) is 3. The van der Waals surface area contributed by atoms with Crippen molar-refractivity contribution in [2.24, 2.45) is 5.73 Å². The molecule has 5 heteroatoms. The molecule has 0 amide bonds. The number of nitrogens with zero attached hydrogens (tertiary/aromatic N) is 1. The molecular weight excluding hydrogens is 255 g/mol. The number of methoxy groups -OCH3 is 1. The van der Waals surface area contributed by atoms with Crippen molar-refractivity contribution < 1.29 is 9.13 Å². The van der Waals surface area contributed by atoms with Crippen LogP contribution in [0.15, 0.2) is 36.7 Å². The third kappa shape index (κ3) is 2.44. The third-order valence-electron chi connectivity index (χ3n) is 2.65. The van der Waals surface area contributed by atoms with E-state index in [1.54, 1.807) is 37.7 Å². The molecule has 0 aliphatic carbocycles. The molecule has 0 fully saturated rings. The van der Waals surface area contributed by atoms with Crippen molar-refractivity contribution in [2.75, 3.05) is 7.11 Å². The minimum absolute atomic E-state index is 0.0350. The van der Waals surface area contributed by atoms with Crippen molar-refractivity contribution in [1.29, 1.82) is 0 Å². The maximum absolute atomic E-state index is 13.4. The van der Waals surface area contributed by atoms with Gasteiger partial charge in [0.1, 0.15) is 11.6 Å². The Kier molecular flexibility index (Phi) is 3.79. The number of ether oxygens (including phenoxy) is 1. The van der Waals surface area contributed by atoms with Gasteiger partial charge in [0.25, 0.3) is 0 Å². The Morgan fingerprint density at radius 3 is 2.89 bits per heavy atom. The van der Waals surface area contributed by atoms with E-state index in [4.69, 9.17) is 22.1 Å². The monoisotopic (exact) mass is 266 g/mol. The van der Waals surface area contributed by atoms with Gasteiger partial charge in [0.05, 0.1) is 24.4 Å². The summed E-state index contributed by atoms with van der Waals surface area (Å²) in [6.07, 6.45) is 3.18. The molecule has 0 saturated carbocycles. The lowest BCUT2D eigenvalue weighted by atomic mass is 10.0. The first-order chi connectivity index (χ1) is 8.63. The second kappa shape index (κ2) is 5.33. The number of hydrogen-bond donors (Lipinski definition) is 1. The van der Waals surface area contributed by atoms with Gasteiger partial charge in [-0.05, 0) is 23.3 Å². The fraction of sp³-hybridized carbons (Fsp3) is 0.154. The summed E-state index contributed by atoms with van der Waals surface area (Å²) in [6.45, 7) is 0. The summed E-state index contributed by atoms with van der Waals surface area (Å²) in [4.78, 5) is 4.01. The summed E-state index contributed by atoms with van der Waals surface area (Å²) in [5.41, 5.74) is 7.29. The van der Waals surface area contributed by atoms with E-state index in [1.807, 2.05) is 0 Å². The van der Waals surface area contributed by atoms with Gasteiger partial charge >= 0.3 is 0 Å².